The molecular weight excluding hydrogens is 749 g/mol. The van der Waals surface area contributed by atoms with Gasteiger partial charge in [0.1, 0.15) is 0 Å². The van der Waals surface area contributed by atoms with Crippen LogP contribution < -0.4 is 4.90 Å². The monoisotopic (exact) mass is 788 g/mol. The lowest BCUT2D eigenvalue weighted by molar-refractivity contribution is 1.18. The average molecular weight is 789 g/mol. The van der Waals surface area contributed by atoms with Crippen LogP contribution in [0.15, 0.2) is 243 Å². The van der Waals surface area contributed by atoms with E-state index >= 15 is 0 Å². The zero-order chi connectivity index (χ0) is 41.0. The molecule has 1 aromatic heterocycles. The highest BCUT2D eigenvalue weighted by Crippen LogP contribution is 2.44. The fourth-order valence-electron chi connectivity index (χ4n) is 9.67. The molecule has 0 unspecified atom stereocenters. The van der Waals surface area contributed by atoms with Gasteiger partial charge in [0.2, 0.25) is 0 Å². The molecule has 0 radical (unpaired) electrons. The van der Waals surface area contributed by atoms with E-state index in [0.717, 1.165) is 33.9 Å². The summed E-state index contributed by atoms with van der Waals surface area (Å²) in [6.07, 6.45) is 0. The van der Waals surface area contributed by atoms with Gasteiger partial charge in [0, 0.05) is 33.4 Å². The van der Waals surface area contributed by atoms with Crippen LogP contribution in [0, 0.1) is 0 Å². The van der Waals surface area contributed by atoms with E-state index in [9.17, 15) is 0 Å². The maximum atomic E-state index is 2.40. The number of aromatic nitrogens is 1. The topological polar surface area (TPSA) is 8.17 Å². The van der Waals surface area contributed by atoms with Gasteiger partial charge in [-0.05, 0) is 121 Å². The molecule has 0 spiro atoms. The standard InChI is InChI=1S/C60H40N2/c1-2-14-41(15-3-1)42-28-34-47(35-29-42)61(48-36-32-45(33-37-48)56-40-46-27-26-43-16-4-5-18-51(43)60(46)55-22-7-6-19-52(55)56)57-23-11-8-17-50(57)44-30-38-49(39-31-44)62-58-24-12-9-20-53(58)54-21-10-13-25-59(54)62/h1-40H. The van der Waals surface area contributed by atoms with Crippen molar-refractivity contribution in [3.8, 4) is 39.1 Å². The molecule has 12 aromatic rings. The van der Waals surface area contributed by atoms with Crippen molar-refractivity contribution in [2.75, 3.05) is 4.90 Å². The number of fused-ring (bicyclic) bond motifs is 8. The fourth-order valence-corrected chi connectivity index (χ4v) is 9.67. The van der Waals surface area contributed by atoms with E-state index < -0.39 is 0 Å². The van der Waals surface area contributed by atoms with Gasteiger partial charge in [-0.15, -0.1) is 0 Å². The van der Waals surface area contributed by atoms with Crippen molar-refractivity contribution in [1.29, 1.82) is 0 Å². The van der Waals surface area contributed by atoms with Gasteiger partial charge in [-0.25, -0.2) is 0 Å². The molecule has 0 amide bonds. The van der Waals surface area contributed by atoms with E-state index in [1.165, 1.54) is 76.4 Å². The van der Waals surface area contributed by atoms with Crippen molar-refractivity contribution >= 4 is 71.2 Å². The molecule has 2 nitrogen and oxygen atoms in total. The lowest BCUT2D eigenvalue weighted by Crippen LogP contribution is -2.11. The van der Waals surface area contributed by atoms with E-state index in [-0.39, 0.29) is 0 Å². The second-order valence-corrected chi connectivity index (χ2v) is 16.1. The maximum absolute atomic E-state index is 2.40. The van der Waals surface area contributed by atoms with Crippen LogP contribution in [0.1, 0.15) is 0 Å². The number of anilines is 3. The lowest BCUT2D eigenvalue weighted by atomic mass is 9.90. The molecule has 11 aromatic carbocycles. The second-order valence-electron chi connectivity index (χ2n) is 16.1. The maximum Gasteiger partial charge on any atom is 0.0541 e. The Hall–Kier alpha value is -8.20. The minimum atomic E-state index is 1.09. The van der Waals surface area contributed by atoms with E-state index in [2.05, 4.69) is 252 Å². The molecular formula is C60H40N2. The van der Waals surface area contributed by atoms with Gasteiger partial charge in [0.05, 0.1) is 16.7 Å². The van der Waals surface area contributed by atoms with Crippen LogP contribution in [0.25, 0.3) is 93.2 Å². The predicted molar refractivity (Wildman–Crippen MR) is 264 cm³/mol. The number of rotatable bonds is 7. The summed E-state index contributed by atoms with van der Waals surface area (Å²) in [6, 6.07) is 88.4. The number of benzene rings is 11. The molecule has 0 fully saturated rings. The van der Waals surface area contributed by atoms with Crippen LogP contribution in [0.5, 0.6) is 0 Å². The highest BCUT2D eigenvalue weighted by molar-refractivity contribution is 6.23. The Bertz CT molecular complexity index is 3550. The van der Waals surface area contributed by atoms with Crippen LogP contribution in [0.3, 0.4) is 0 Å². The molecule has 12 rings (SSSR count). The first kappa shape index (κ1) is 35.7. The van der Waals surface area contributed by atoms with Gasteiger partial charge in [-0.2, -0.15) is 0 Å². The molecule has 0 aliphatic carbocycles. The Morgan fingerprint density at radius 1 is 0.290 bits per heavy atom. The summed E-state index contributed by atoms with van der Waals surface area (Å²) in [7, 11) is 0. The molecule has 0 N–H and O–H groups in total. The van der Waals surface area contributed by atoms with E-state index in [1.54, 1.807) is 0 Å². The van der Waals surface area contributed by atoms with Crippen molar-refractivity contribution in [3.63, 3.8) is 0 Å². The first-order valence-corrected chi connectivity index (χ1v) is 21.3. The quantitative estimate of drug-likeness (QED) is 0.146. The van der Waals surface area contributed by atoms with Gasteiger partial charge in [0.25, 0.3) is 0 Å². The summed E-state index contributed by atoms with van der Waals surface area (Å²) in [6.45, 7) is 0. The molecule has 62 heavy (non-hydrogen) atoms. The molecule has 0 atom stereocenters. The zero-order valence-electron chi connectivity index (χ0n) is 34.0. The van der Waals surface area contributed by atoms with E-state index in [1.807, 2.05) is 0 Å². The van der Waals surface area contributed by atoms with Gasteiger partial charge >= 0.3 is 0 Å². The van der Waals surface area contributed by atoms with Gasteiger partial charge in [0.15, 0.2) is 0 Å². The molecule has 0 bridgehead atoms. The Morgan fingerprint density at radius 2 is 0.774 bits per heavy atom. The van der Waals surface area contributed by atoms with Gasteiger partial charge in [-0.3, -0.25) is 0 Å². The summed E-state index contributed by atoms with van der Waals surface area (Å²) in [5.41, 5.74) is 14.0. The molecule has 1 heterocycles. The molecule has 2 heteroatoms. The summed E-state index contributed by atoms with van der Waals surface area (Å²) in [5.74, 6) is 0. The summed E-state index contributed by atoms with van der Waals surface area (Å²) in [4.78, 5) is 2.40. The van der Waals surface area contributed by atoms with E-state index in [4.69, 9.17) is 0 Å². The van der Waals surface area contributed by atoms with Crippen molar-refractivity contribution in [2.24, 2.45) is 0 Å². The third-order valence-electron chi connectivity index (χ3n) is 12.6. The average Bonchev–Trinajstić information content (AvgIpc) is 3.69. The second kappa shape index (κ2) is 14.8. The van der Waals surface area contributed by atoms with Crippen LogP contribution >= 0.6 is 0 Å². The Morgan fingerprint density at radius 3 is 1.47 bits per heavy atom. The molecule has 0 aliphatic rings. The summed E-state index contributed by atoms with van der Waals surface area (Å²) in [5, 5.41) is 10.2. The number of hydrogen-bond acceptors (Lipinski definition) is 1. The van der Waals surface area contributed by atoms with Crippen molar-refractivity contribution in [3.05, 3.63) is 243 Å². The lowest BCUT2D eigenvalue weighted by Gasteiger charge is -2.28. The Labute approximate surface area is 360 Å². The largest absolute Gasteiger partial charge is 0.310 e. The molecule has 0 saturated carbocycles. The number of nitrogens with zero attached hydrogens (tertiary/aromatic N) is 2. The Kier molecular flexibility index (Phi) is 8.53. The normalized spacial score (nSPS) is 11.5. The predicted octanol–water partition coefficient (Wildman–Crippen LogP) is 16.7. The van der Waals surface area contributed by atoms with Crippen LogP contribution in [0.4, 0.5) is 17.1 Å². The van der Waals surface area contributed by atoms with Gasteiger partial charge < -0.3 is 9.47 Å². The highest BCUT2D eigenvalue weighted by Gasteiger charge is 2.19. The SMILES string of the molecule is c1ccc(-c2ccc(N(c3ccc(-c4cc5ccc6ccccc6c5c5ccccc45)cc3)c3ccccc3-c3ccc(-n4c5ccccc5c5ccccc54)cc3)cc2)cc1. The smallest absolute Gasteiger partial charge is 0.0541 e. The van der Waals surface area contributed by atoms with Crippen molar-refractivity contribution in [1.82, 2.24) is 4.57 Å². The zero-order valence-corrected chi connectivity index (χ0v) is 34.0. The summed E-state index contributed by atoms with van der Waals surface area (Å²) < 4.78 is 2.38. The molecule has 0 saturated heterocycles. The first-order chi connectivity index (χ1) is 30.8. The first-order valence-electron chi connectivity index (χ1n) is 21.3. The van der Waals surface area contributed by atoms with E-state index in [0.29, 0.717) is 0 Å². The van der Waals surface area contributed by atoms with Crippen molar-refractivity contribution < 1.29 is 0 Å². The van der Waals surface area contributed by atoms with Crippen LogP contribution in [0.2, 0.25) is 0 Å². The number of para-hydroxylation sites is 3. The van der Waals surface area contributed by atoms with Gasteiger partial charge in [-0.1, -0.05) is 182 Å². The van der Waals surface area contributed by atoms with Crippen molar-refractivity contribution in [2.45, 2.75) is 0 Å². The summed E-state index contributed by atoms with van der Waals surface area (Å²) >= 11 is 0. The molecule has 290 valence electrons. The van der Waals surface area contributed by atoms with Crippen LogP contribution in [-0.4, -0.2) is 4.57 Å². The Balaban J connectivity index is 0.979. The minimum Gasteiger partial charge on any atom is -0.310 e. The fraction of sp³-hybridized carbons (Fsp3) is 0. The highest BCUT2D eigenvalue weighted by atomic mass is 15.1. The van der Waals surface area contributed by atoms with Crippen LogP contribution in [-0.2, 0) is 0 Å². The number of hydrogen-bond donors (Lipinski definition) is 0. The third-order valence-corrected chi connectivity index (χ3v) is 12.6. The third kappa shape index (κ3) is 5.96. The minimum absolute atomic E-state index is 1.09. The molecule has 0 aliphatic heterocycles.